The number of aromatic amines is 2. The lowest BCUT2D eigenvalue weighted by atomic mass is 10.0. The SMILES string of the molecule is CN(C)CCNc1cc(F)cc(-c2cccc3[nH]c(-c4n[nH]c5ccc(-c6cncc(CN7CCCC7)c6)nc45)nc23)c1. The van der Waals surface area contributed by atoms with Crippen LogP contribution in [0.15, 0.2) is 67.0 Å². The number of rotatable bonds is 9. The van der Waals surface area contributed by atoms with Crippen molar-refractivity contribution in [3.05, 3.63) is 78.4 Å². The van der Waals surface area contributed by atoms with E-state index in [2.05, 4.69) is 41.3 Å². The molecular weight excluding hydrogens is 541 g/mol. The lowest BCUT2D eigenvalue weighted by molar-refractivity contribution is 0.331. The van der Waals surface area contributed by atoms with Crippen LogP contribution in [0.4, 0.5) is 10.1 Å². The predicted octanol–water partition coefficient (Wildman–Crippen LogP) is 5.94. The fourth-order valence-corrected chi connectivity index (χ4v) is 5.79. The first-order chi connectivity index (χ1) is 21.0. The van der Waals surface area contributed by atoms with Crippen LogP contribution in [-0.4, -0.2) is 80.2 Å². The smallest absolute Gasteiger partial charge is 0.161 e. The van der Waals surface area contributed by atoms with Crippen LogP contribution in [0, 0.1) is 5.82 Å². The van der Waals surface area contributed by atoms with Gasteiger partial charge in [-0.2, -0.15) is 5.10 Å². The summed E-state index contributed by atoms with van der Waals surface area (Å²) in [5.74, 6) is 0.298. The van der Waals surface area contributed by atoms with Gasteiger partial charge in [0.15, 0.2) is 11.5 Å². The molecule has 0 saturated carbocycles. The molecule has 5 heterocycles. The zero-order valence-electron chi connectivity index (χ0n) is 24.4. The minimum atomic E-state index is -0.299. The Kier molecular flexibility index (Phi) is 7.30. The number of H-pyrrole nitrogens is 2. The molecular formula is C33H34FN9. The van der Waals surface area contributed by atoms with E-state index in [1.54, 1.807) is 6.07 Å². The van der Waals surface area contributed by atoms with Crippen LogP contribution in [0.1, 0.15) is 18.4 Å². The highest BCUT2D eigenvalue weighted by Crippen LogP contribution is 2.33. The van der Waals surface area contributed by atoms with Gasteiger partial charge in [-0.25, -0.2) is 14.4 Å². The topological polar surface area (TPSA) is 102 Å². The van der Waals surface area contributed by atoms with Crippen LogP contribution in [0.25, 0.3) is 56.0 Å². The summed E-state index contributed by atoms with van der Waals surface area (Å²) in [6.07, 6.45) is 6.32. The average Bonchev–Trinajstić information content (AvgIpc) is 3.76. The van der Waals surface area contributed by atoms with Crippen LogP contribution in [0.5, 0.6) is 0 Å². The molecule has 1 aliphatic rings. The largest absolute Gasteiger partial charge is 0.384 e. The third-order valence-electron chi connectivity index (χ3n) is 7.94. The molecule has 0 amide bonds. The monoisotopic (exact) mass is 575 g/mol. The summed E-state index contributed by atoms with van der Waals surface area (Å²) in [7, 11) is 4.02. The molecule has 43 heavy (non-hydrogen) atoms. The van der Waals surface area contributed by atoms with Crippen molar-refractivity contribution < 1.29 is 4.39 Å². The van der Waals surface area contributed by atoms with Gasteiger partial charge < -0.3 is 15.2 Å². The maximum atomic E-state index is 14.7. The van der Waals surface area contributed by atoms with Crippen molar-refractivity contribution in [3.63, 3.8) is 0 Å². The van der Waals surface area contributed by atoms with Gasteiger partial charge in [0.1, 0.15) is 11.3 Å². The van der Waals surface area contributed by atoms with Crippen molar-refractivity contribution >= 4 is 27.8 Å². The third kappa shape index (κ3) is 5.71. The molecule has 0 spiro atoms. The van der Waals surface area contributed by atoms with Crippen molar-refractivity contribution in [2.24, 2.45) is 0 Å². The Balaban J connectivity index is 1.22. The standard InChI is InChI=1S/C33H34FN9/c1-42(2)13-10-36-25-16-22(15-24(34)17-25)26-6-5-7-28-30(26)39-33(38-28)32-31-29(40-41-32)9-8-27(37-31)23-14-21(18-35-19-23)20-43-11-3-4-12-43/h5-9,14-19,36H,3-4,10-13,20H2,1-2H3,(H,38,39)(H,40,41). The number of fused-ring (bicyclic) bond motifs is 2. The van der Waals surface area contributed by atoms with E-state index < -0.39 is 0 Å². The van der Waals surface area contributed by atoms with Crippen molar-refractivity contribution in [1.82, 2.24) is 39.9 Å². The summed E-state index contributed by atoms with van der Waals surface area (Å²) in [5, 5.41) is 11.0. The highest BCUT2D eigenvalue weighted by atomic mass is 19.1. The van der Waals surface area contributed by atoms with Crippen LogP contribution < -0.4 is 5.32 Å². The predicted molar refractivity (Wildman–Crippen MR) is 169 cm³/mol. The van der Waals surface area contributed by atoms with Crippen molar-refractivity contribution in [2.45, 2.75) is 19.4 Å². The van der Waals surface area contributed by atoms with E-state index in [1.807, 2.05) is 62.9 Å². The maximum absolute atomic E-state index is 14.7. The summed E-state index contributed by atoms with van der Waals surface area (Å²) < 4.78 is 14.7. The summed E-state index contributed by atoms with van der Waals surface area (Å²) in [6.45, 7) is 4.74. The summed E-state index contributed by atoms with van der Waals surface area (Å²) >= 11 is 0. The number of hydrogen-bond donors (Lipinski definition) is 3. The Morgan fingerprint density at radius 3 is 2.67 bits per heavy atom. The molecule has 3 N–H and O–H groups in total. The molecule has 4 aromatic heterocycles. The molecule has 0 atom stereocenters. The van der Waals surface area contributed by atoms with E-state index in [0.717, 1.165) is 76.3 Å². The second kappa shape index (κ2) is 11.5. The Bertz CT molecular complexity index is 1900. The quantitative estimate of drug-likeness (QED) is 0.196. The van der Waals surface area contributed by atoms with E-state index in [-0.39, 0.29) is 5.82 Å². The number of para-hydroxylation sites is 1. The van der Waals surface area contributed by atoms with Gasteiger partial charge in [-0.05, 0) is 93.6 Å². The minimum Gasteiger partial charge on any atom is -0.384 e. The van der Waals surface area contributed by atoms with Crippen molar-refractivity contribution in [1.29, 1.82) is 0 Å². The lowest BCUT2D eigenvalue weighted by Crippen LogP contribution is -2.20. The first-order valence-electron chi connectivity index (χ1n) is 14.7. The van der Waals surface area contributed by atoms with Gasteiger partial charge in [0, 0.05) is 48.8 Å². The van der Waals surface area contributed by atoms with E-state index in [1.165, 1.54) is 24.5 Å². The zero-order chi connectivity index (χ0) is 29.3. The molecule has 0 radical (unpaired) electrons. The number of nitrogens with zero attached hydrogens (tertiary/aromatic N) is 6. The fourth-order valence-electron chi connectivity index (χ4n) is 5.79. The molecule has 1 fully saturated rings. The second-order valence-electron chi connectivity index (χ2n) is 11.5. The van der Waals surface area contributed by atoms with Gasteiger partial charge in [0.2, 0.25) is 0 Å². The molecule has 0 bridgehead atoms. The lowest BCUT2D eigenvalue weighted by Gasteiger charge is -2.14. The molecule has 9 nitrogen and oxygen atoms in total. The first kappa shape index (κ1) is 27.2. The maximum Gasteiger partial charge on any atom is 0.161 e. The van der Waals surface area contributed by atoms with Crippen molar-refractivity contribution in [2.75, 3.05) is 45.6 Å². The van der Waals surface area contributed by atoms with Gasteiger partial charge in [-0.3, -0.25) is 15.0 Å². The van der Waals surface area contributed by atoms with E-state index >= 15 is 0 Å². The number of benzene rings is 2. The number of halogens is 1. The molecule has 2 aromatic carbocycles. The fraction of sp³-hybridized carbons (Fsp3) is 0.273. The highest BCUT2D eigenvalue weighted by molar-refractivity contribution is 5.96. The number of hydrogen-bond acceptors (Lipinski definition) is 7. The molecule has 1 aliphatic heterocycles. The highest BCUT2D eigenvalue weighted by Gasteiger charge is 2.18. The third-order valence-corrected chi connectivity index (χ3v) is 7.94. The molecule has 1 saturated heterocycles. The first-order valence-corrected chi connectivity index (χ1v) is 14.7. The summed E-state index contributed by atoms with van der Waals surface area (Å²) in [5.41, 5.74) is 9.07. The van der Waals surface area contributed by atoms with Gasteiger partial charge in [0.25, 0.3) is 0 Å². The van der Waals surface area contributed by atoms with Gasteiger partial charge in [0.05, 0.1) is 22.2 Å². The Labute approximate surface area is 249 Å². The molecule has 0 unspecified atom stereocenters. The Morgan fingerprint density at radius 1 is 0.930 bits per heavy atom. The number of nitrogens with one attached hydrogen (secondary N) is 3. The molecule has 6 aromatic rings. The summed E-state index contributed by atoms with van der Waals surface area (Å²) in [6, 6.07) is 17.1. The van der Waals surface area contributed by atoms with Crippen molar-refractivity contribution in [3.8, 4) is 33.9 Å². The molecule has 10 heteroatoms. The van der Waals surface area contributed by atoms with E-state index in [9.17, 15) is 4.39 Å². The second-order valence-corrected chi connectivity index (χ2v) is 11.5. The molecule has 7 rings (SSSR count). The van der Waals surface area contributed by atoms with Gasteiger partial charge in [-0.1, -0.05) is 12.1 Å². The normalized spacial score (nSPS) is 14.0. The molecule has 0 aliphatic carbocycles. The number of likely N-dealkylation sites (N-methyl/N-ethyl adjacent to an activating group) is 1. The number of imidazole rings is 1. The molecule has 218 valence electrons. The van der Waals surface area contributed by atoms with Crippen LogP contribution >= 0.6 is 0 Å². The number of anilines is 1. The average molecular weight is 576 g/mol. The van der Waals surface area contributed by atoms with Crippen LogP contribution in [0.3, 0.4) is 0 Å². The number of aromatic nitrogens is 6. The van der Waals surface area contributed by atoms with Gasteiger partial charge >= 0.3 is 0 Å². The van der Waals surface area contributed by atoms with Crippen LogP contribution in [0.2, 0.25) is 0 Å². The van der Waals surface area contributed by atoms with Crippen LogP contribution in [-0.2, 0) is 6.54 Å². The minimum absolute atomic E-state index is 0.299. The number of likely N-dealkylation sites (tertiary alicyclic amines) is 1. The number of pyridine rings is 2. The zero-order valence-corrected chi connectivity index (χ0v) is 24.4. The van der Waals surface area contributed by atoms with Gasteiger partial charge in [-0.15, -0.1) is 0 Å². The summed E-state index contributed by atoms with van der Waals surface area (Å²) in [4.78, 5) is 22.4. The van der Waals surface area contributed by atoms with E-state index in [4.69, 9.17) is 9.97 Å². The Morgan fingerprint density at radius 2 is 1.81 bits per heavy atom. The van der Waals surface area contributed by atoms with E-state index in [0.29, 0.717) is 18.1 Å². The Hall–Kier alpha value is -4.67.